The minimum absolute atomic E-state index is 0. The molecule has 0 aromatic heterocycles. The molecule has 48 valence electrons. The Labute approximate surface area is 74.8 Å². The molecular formula is C3H7N2NaO3. The number of carbonyl (C=O) groups excluding carboxylic acids is 1. The Morgan fingerprint density at radius 1 is 1.78 bits per heavy atom. The van der Waals surface area contributed by atoms with Gasteiger partial charge in [-0.05, 0) is 0 Å². The monoisotopic (exact) mass is 142 g/mol. The van der Waals surface area contributed by atoms with Crippen LogP contribution in [0.4, 0.5) is 4.79 Å². The van der Waals surface area contributed by atoms with Crippen LogP contribution in [-0.4, -0.2) is 19.2 Å². The Balaban J connectivity index is 0. The first-order chi connectivity index (χ1) is 3.77. The van der Waals surface area contributed by atoms with E-state index in [2.05, 4.69) is 4.84 Å². The van der Waals surface area contributed by atoms with Gasteiger partial charge in [-0.2, -0.15) is 0 Å². The topological polar surface area (TPSA) is 87.4 Å². The van der Waals surface area contributed by atoms with Crippen LogP contribution in [0.1, 0.15) is 0 Å². The second kappa shape index (κ2) is 8.19. The summed E-state index contributed by atoms with van der Waals surface area (Å²) in [6, 6.07) is 0. The van der Waals surface area contributed by atoms with Crippen LogP contribution in [0.2, 0.25) is 0 Å². The second-order valence-electron chi connectivity index (χ2n) is 1.04. The average molecular weight is 142 g/mol. The molecule has 0 rings (SSSR count). The van der Waals surface area contributed by atoms with Crippen molar-refractivity contribution in [1.82, 2.24) is 5.48 Å². The zero-order valence-electron chi connectivity index (χ0n) is 5.22. The number of hydrogen-bond acceptors (Lipinski definition) is 5. The number of nitrogens with two attached hydrogens (primary N) is 1. The van der Waals surface area contributed by atoms with Crippen LogP contribution in [0.5, 0.6) is 0 Å². The smallest absolute Gasteiger partial charge is 0.469 e. The van der Waals surface area contributed by atoms with Crippen molar-refractivity contribution in [2.75, 3.05) is 13.1 Å². The van der Waals surface area contributed by atoms with Crippen LogP contribution >= 0.6 is 0 Å². The van der Waals surface area contributed by atoms with E-state index in [0.717, 1.165) is 0 Å². The molecule has 0 aliphatic rings. The van der Waals surface area contributed by atoms with Gasteiger partial charge in [0.15, 0.2) is 0 Å². The van der Waals surface area contributed by atoms with E-state index >= 15 is 0 Å². The summed E-state index contributed by atoms with van der Waals surface area (Å²) in [6.45, 7) is 0.626. The van der Waals surface area contributed by atoms with Crippen molar-refractivity contribution < 1.29 is 44.3 Å². The van der Waals surface area contributed by atoms with Gasteiger partial charge in [-0.3, -0.25) is 0 Å². The molecule has 0 atom stereocenters. The van der Waals surface area contributed by atoms with Crippen molar-refractivity contribution in [2.45, 2.75) is 0 Å². The number of rotatable bonds is 3. The number of nitrogens with one attached hydrogen (secondary N) is 1. The van der Waals surface area contributed by atoms with Crippen LogP contribution in [-0.2, 0) is 4.84 Å². The molecule has 0 heterocycles. The van der Waals surface area contributed by atoms with Crippen molar-refractivity contribution in [3.05, 3.63) is 0 Å². The van der Waals surface area contributed by atoms with Gasteiger partial charge in [0.2, 0.25) is 0 Å². The van der Waals surface area contributed by atoms with E-state index < -0.39 is 6.16 Å². The minimum Gasteiger partial charge on any atom is -0.469 e. The first-order valence-corrected chi connectivity index (χ1v) is 2.08. The number of carbonyl (C=O) groups is 1. The maximum absolute atomic E-state index is 9.44. The summed E-state index contributed by atoms with van der Waals surface area (Å²) in [4.78, 5) is 13.2. The fourth-order valence-electron chi connectivity index (χ4n) is 0.169. The van der Waals surface area contributed by atoms with E-state index in [1.165, 1.54) is 0 Å². The van der Waals surface area contributed by atoms with Crippen LogP contribution < -0.4 is 45.9 Å². The molecule has 0 saturated heterocycles. The maximum atomic E-state index is 9.44. The van der Waals surface area contributed by atoms with Crippen molar-refractivity contribution in [3.63, 3.8) is 0 Å². The number of hydrogen-bond donors (Lipinski definition) is 2. The van der Waals surface area contributed by atoms with Crippen molar-refractivity contribution in [1.29, 1.82) is 0 Å². The summed E-state index contributed by atoms with van der Waals surface area (Å²) in [7, 11) is 0. The summed E-state index contributed by atoms with van der Waals surface area (Å²) in [5, 5.41) is 9.44. The summed E-state index contributed by atoms with van der Waals surface area (Å²) >= 11 is 0. The van der Waals surface area contributed by atoms with E-state index in [-0.39, 0.29) is 29.6 Å². The molecule has 0 aromatic carbocycles. The fraction of sp³-hybridized carbons (Fsp3) is 0.667. The minimum atomic E-state index is -1.60. The van der Waals surface area contributed by atoms with Crippen LogP contribution in [0.25, 0.3) is 0 Å². The van der Waals surface area contributed by atoms with Gasteiger partial charge in [0.25, 0.3) is 6.16 Å². The Morgan fingerprint density at radius 3 is 2.67 bits per heavy atom. The van der Waals surface area contributed by atoms with Gasteiger partial charge in [-0.1, -0.05) is 0 Å². The first kappa shape index (κ1) is 11.9. The molecule has 0 aliphatic carbocycles. The second-order valence-corrected chi connectivity index (χ2v) is 1.04. The predicted octanol–water partition coefficient (Wildman–Crippen LogP) is -5.19. The van der Waals surface area contributed by atoms with Crippen molar-refractivity contribution in [2.24, 2.45) is 5.73 Å². The zero-order chi connectivity index (χ0) is 6.41. The van der Waals surface area contributed by atoms with Crippen molar-refractivity contribution in [3.8, 4) is 0 Å². The molecule has 3 N–H and O–H groups in total. The van der Waals surface area contributed by atoms with Crippen molar-refractivity contribution >= 4 is 6.16 Å². The quantitative estimate of drug-likeness (QED) is 0.233. The molecule has 0 amide bonds. The van der Waals surface area contributed by atoms with Crippen LogP contribution in [0.3, 0.4) is 0 Å². The van der Waals surface area contributed by atoms with Gasteiger partial charge in [0, 0.05) is 13.1 Å². The number of hydroxylamine groups is 1. The van der Waals surface area contributed by atoms with Gasteiger partial charge < -0.3 is 20.5 Å². The molecule has 0 bridgehead atoms. The predicted molar refractivity (Wildman–Crippen MR) is 23.5 cm³/mol. The molecule has 9 heavy (non-hydrogen) atoms. The van der Waals surface area contributed by atoms with Gasteiger partial charge in [0.05, 0.1) is 0 Å². The van der Waals surface area contributed by atoms with E-state index in [9.17, 15) is 9.90 Å². The first-order valence-electron chi connectivity index (χ1n) is 2.08. The zero-order valence-corrected chi connectivity index (χ0v) is 7.22. The molecule has 0 fully saturated rings. The molecule has 0 radical (unpaired) electrons. The molecule has 0 unspecified atom stereocenters. The third kappa shape index (κ3) is 11.7. The Kier molecular flexibility index (Phi) is 10.9. The Bertz CT molecular complexity index is 79.5. The molecular weight excluding hydrogens is 135 g/mol. The van der Waals surface area contributed by atoms with Gasteiger partial charge >= 0.3 is 29.6 Å². The summed E-state index contributed by atoms with van der Waals surface area (Å²) in [5.41, 5.74) is 7.01. The fourth-order valence-corrected chi connectivity index (χ4v) is 0.169. The van der Waals surface area contributed by atoms with Crippen LogP contribution in [0, 0.1) is 0 Å². The third-order valence-corrected chi connectivity index (χ3v) is 0.402. The van der Waals surface area contributed by atoms with Gasteiger partial charge in [-0.25, -0.2) is 5.48 Å². The molecule has 0 saturated carbocycles. The van der Waals surface area contributed by atoms with Crippen LogP contribution in [0.15, 0.2) is 0 Å². The van der Waals surface area contributed by atoms with Gasteiger partial charge in [0.1, 0.15) is 0 Å². The molecule has 0 aliphatic heterocycles. The van der Waals surface area contributed by atoms with E-state index in [1.54, 1.807) is 0 Å². The average Bonchev–Trinajstić information content (AvgIpc) is 1.66. The number of carboxylic acid groups (broad SMARTS) is 1. The standard InChI is InChI=1S/C3H8N2O3.Na/c4-1-2-5-8-3(6)7;/h5H,1-2,4H2,(H,6,7);/q;+1/p-1. The third-order valence-electron chi connectivity index (χ3n) is 0.402. The van der Waals surface area contributed by atoms with E-state index in [1.807, 2.05) is 5.48 Å². The molecule has 0 spiro atoms. The molecule has 0 aromatic rings. The Morgan fingerprint density at radius 2 is 2.33 bits per heavy atom. The summed E-state index contributed by atoms with van der Waals surface area (Å²) < 4.78 is 0. The maximum Gasteiger partial charge on any atom is 1.00 e. The normalized spacial score (nSPS) is 7.67. The van der Waals surface area contributed by atoms with E-state index in [4.69, 9.17) is 5.73 Å². The molecule has 5 nitrogen and oxygen atoms in total. The Hall–Kier alpha value is 0.190. The largest absolute Gasteiger partial charge is 1.00 e. The summed E-state index contributed by atoms with van der Waals surface area (Å²) in [5.74, 6) is 0. The van der Waals surface area contributed by atoms with E-state index in [0.29, 0.717) is 13.1 Å². The SMILES string of the molecule is NCCNOC(=O)[O-].[Na+]. The van der Waals surface area contributed by atoms with Gasteiger partial charge in [-0.15, -0.1) is 0 Å². The molecule has 6 heteroatoms. The summed E-state index contributed by atoms with van der Waals surface area (Å²) in [6.07, 6.45) is -1.60.